The number of rotatable bonds is 2. The molecule has 0 aliphatic rings. The van der Waals surface area contributed by atoms with Crippen molar-refractivity contribution < 1.29 is 4.74 Å². The van der Waals surface area contributed by atoms with Crippen molar-refractivity contribution in [2.24, 2.45) is 0 Å². The Labute approximate surface area is 100 Å². The van der Waals surface area contributed by atoms with E-state index >= 15 is 0 Å². The molecular weight excluding hydrogens is 276 g/mol. The summed E-state index contributed by atoms with van der Waals surface area (Å²) in [7, 11) is 1.64. The molecule has 2 aromatic rings. The Morgan fingerprint density at radius 1 is 1.47 bits per heavy atom. The third kappa shape index (κ3) is 1.98. The Hall–Kier alpha value is -1.07. The van der Waals surface area contributed by atoms with Crippen LogP contribution in [0.25, 0.3) is 11.3 Å². The van der Waals surface area contributed by atoms with Crippen molar-refractivity contribution in [3.05, 3.63) is 28.1 Å². The molecule has 2 N–H and O–H groups in total. The first kappa shape index (κ1) is 10.4. The maximum Gasteiger partial charge on any atom is 0.180 e. The number of methoxy groups -OCH3 is 1. The summed E-state index contributed by atoms with van der Waals surface area (Å²) >= 11 is 4.91. The van der Waals surface area contributed by atoms with Crippen LogP contribution in [0.3, 0.4) is 0 Å². The fraction of sp³-hybridized carbons (Fsp3) is 0.100. The second kappa shape index (κ2) is 4.20. The number of thiazole rings is 1. The molecule has 1 heterocycles. The molecule has 2 rings (SSSR count). The summed E-state index contributed by atoms with van der Waals surface area (Å²) in [6, 6.07) is 5.79. The van der Waals surface area contributed by atoms with Crippen molar-refractivity contribution in [1.82, 2.24) is 4.98 Å². The van der Waals surface area contributed by atoms with Gasteiger partial charge in [-0.15, -0.1) is 11.3 Å². The van der Waals surface area contributed by atoms with E-state index in [9.17, 15) is 0 Å². The van der Waals surface area contributed by atoms with Gasteiger partial charge in [0, 0.05) is 10.9 Å². The van der Waals surface area contributed by atoms with Gasteiger partial charge in [0.2, 0.25) is 0 Å². The Morgan fingerprint density at radius 3 is 2.87 bits per heavy atom. The molecule has 0 unspecified atom stereocenters. The van der Waals surface area contributed by atoms with E-state index in [0.29, 0.717) is 5.13 Å². The minimum Gasteiger partial charge on any atom is -0.496 e. The van der Waals surface area contributed by atoms with Gasteiger partial charge in [-0.05, 0) is 22.0 Å². The van der Waals surface area contributed by atoms with Gasteiger partial charge < -0.3 is 10.5 Å². The van der Waals surface area contributed by atoms with Crippen LogP contribution in [0.4, 0.5) is 5.13 Å². The molecule has 3 nitrogen and oxygen atoms in total. The number of halogens is 1. The Bertz CT molecular complexity index is 484. The molecule has 15 heavy (non-hydrogen) atoms. The van der Waals surface area contributed by atoms with Crippen molar-refractivity contribution >= 4 is 32.4 Å². The lowest BCUT2D eigenvalue weighted by Crippen LogP contribution is -1.88. The molecule has 0 radical (unpaired) electrons. The van der Waals surface area contributed by atoms with Gasteiger partial charge in [-0.1, -0.05) is 12.1 Å². The van der Waals surface area contributed by atoms with Gasteiger partial charge in [-0.3, -0.25) is 0 Å². The molecule has 5 heteroatoms. The van der Waals surface area contributed by atoms with Crippen molar-refractivity contribution in [1.29, 1.82) is 0 Å². The second-order valence-corrected chi connectivity index (χ2v) is 4.58. The van der Waals surface area contributed by atoms with Gasteiger partial charge in [0.05, 0.1) is 17.3 Å². The van der Waals surface area contributed by atoms with E-state index in [4.69, 9.17) is 10.5 Å². The van der Waals surface area contributed by atoms with Gasteiger partial charge in [-0.2, -0.15) is 0 Å². The molecule has 0 saturated heterocycles. The molecule has 1 aromatic carbocycles. The molecule has 0 atom stereocenters. The van der Waals surface area contributed by atoms with Crippen molar-refractivity contribution in [3.63, 3.8) is 0 Å². The quantitative estimate of drug-likeness (QED) is 0.922. The highest BCUT2D eigenvalue weighted by Crippen LogP contribution is 2.35. The highest BCUT2D eigenvalue weighted by atomic mass is 79.9. The molecule has 78 valence electrons. The van der Waals surface area contributed by atoms with Crippen LogP contribution in [-0.4, -0.2) is 12.1 Å². The van der Waals surface area contributed by atoms with Crippen molar-refractivity contribution in [3.8, 4) is 17.0 Å². The number of nitrogens with zero attached hydrogens (tertiary/aromatic N) is 1. The minimum absolute atomic E-state index is 0.569. The number of benzene rings is 1. The smallest absolute Gasteiger partial charge is 0.180 e. The standard InChI is InChI=1S/C10H9BrN2OS/c1-14-8-4-2-3-6(9(8)11)7-5-15-10(12)13-7/h2-5H,1H3,(H2,12,13). The van der Waals surface area contributed by atoms with Gasteiger partial charge in [0.25, 0.3) is 0 Å². The van der Waals surface area contributed by atoms with E-state index < -0.39 is 0 Å². The van der Waals surface area contributed by atoms with Crippen LogP contribution in [0.2, 0.25) is 0 Å². The number of hydrogen-bond acceptors (Lipinski definition) is 4. The summed E-state index contributed by atoms with van der Waals surface area (Å²) in [6.07, 6.45) is 0. The van der Waals surface area contributed by atoms with E-state index in [1.165, 1.54) is 11.3 Å². The molecule has 0 saturated carbocycles. The zero-order valence-electron chi connectivity index (χ0n) is 8.03. The predicted molar refractivity (Wildman–Crippen MR) is 66.2 cm³/mol. The molecule has 0 bridgehead atoms. The van der Waals surface area contributed by atoms with Crippen LogP contribution >= 0.6 is 27.3 Å². The molecular formula is C10H9BrN2OS. The first-order valence-electron chi connectivity index (χ1n) is 4.26. The predicted octanol–water partition coefficient (Wildman–Crippen LogP) is 3.16. The Kier molecular flexibility index (Phi) is 2.93. The topological polar surface area (TPSA) is 48.1 Å². The van der Waals surface area contributed by atoms with E-state index in [2.05, 4.69) is 20.9 Å². The first-order chi connectivity index (χ1) is 7.22. The molecule has 0 aliphatic carbocycles. The minimum atomic E-state index is 0.569. The van der Waals surface area contributed by atoms with Crippen LogP contribution < -0.4 is 10.5 Å². The largest absolute Gasteiger partial charge is 0.496 e. The van der Waals surface area contributed by atoms with Gasteiger partial charge in [0.15, 0.2) is 5.13 Å². The number of nitrogen functional groups attached to an aromatic ring is 1. The number of ether oxygens (including phenoxy) is 1. The Morgan fingerprint density at radius 2 is 2.27 bits per heavy atom. The van der Waals surface area contributed by atoms with E-state index in [1.807, 2.05) is 23.6 Å². The SMILES string of the molecule is COc1cccc(-c2csc(N)n2)c1Br. The zero-order chi connectivity index (χ0) is 10.8. The lowest BCUT2D eigenvalue weighted by atomic mass is 10.2. The van der Waals surface area contributed by atoms with E-state index in [-0.39, 0.29) is 0 Å². The molecule has 0 amide bonds. The Balaban J connectivity index is 2.53. The summed E-state index contributed by atoms with van der Waals surface area (Å²) in [5.41, 5.74) is 7.45. The summed E-state index contributed by atoms with van der Waals surface area (Å²) in [5, 5.41) is 2.49. The highest BCUT2D eigenvalue weighted by Gasteiger charge is 2.10. The van der Waals surface area contributed by atoms with Crippen LogP contribution in [0.1, 0.15) is 0 Å². The first-order valence-corrected chi connectivity index (χ1v) is 5.93. The zero-order valence-corrected chi connectivity index (χ0v) is 10.4. The summed E-state index contributed by atoms with van der Waals surface area (Å²) in [6.45, 7) is 0. The molecule has 0 spiro atoms. The number of hydrogen-bond donors (Lipinski definition) is 1. The summed E-state index contributed by atoms with van der Waals surface area (Å²) < 4.78 is 6.11. The van der Waals surface area contributed by atoms with Crippen molar-refractivity contribution in [2.45, 2.75) is 0 Å². The number of anilines is 1. The van der Waals surface area contributed by atoms with Crippen molar-refractivity contribution in [2.75, 3.05) is 12.8 Å². The van der Waals surface area contributed by atoms with Crippen LogP contribution in [-0.2, 0) is 0 Å². The van der Waals surface area contributed by atoms with E-state index in [0.717, 1.165) is 21.5 Å². The summed E-state index contributed by atoms with van der Waals surface area (Å²) in [5.74, 6) is 0.791. The molecule has 0 aliphatic heterocycles. The fourth-order valence-corrected chi connectivity index (χ4v) is 2.47. The lowest BCUT2D eigenvalue weighted by Gasteiger charge is -2.06. The van der Waals surface area contributed by atoms with Crippen LogP contribution in [0, 0.1) is 0 Å². The fourth-order valence-electron chi connectivity index (χ4n) is 1.28. The van der Waals surface area contributed by atoms with Crippen LogP contribution in [0.15, 0.2) is 28.1 Å². The number of nitrogens with two attached hydrogens (primary N) is 1. The van der Waals surface area contributed by atoms with Crippen LogP contribution in [0.5, 0.6) is 5.75 Å². The summed E-state index contributed by atoms with van der Waals surface area (Å²) in [4.78, 5) is 4.23. The molecule has 1 aromatic heterocycles. The van der Waals surface area contributed by atoms with Gasteiger partial charge >= 0.3 is 0 Å². The third-order valence-electron chi connectivity index (χ3n) is 1.98. The monoisotopic (exact) mass is 284 g/mol. The maximum absolute atomic E-state index is 5.60. The average Bonchev–Trinajstić information content (AvgIpc) is 2.65. The number of aromatic nitrogens is 1. The lowest BCUT2D eigenvalue weighted by molar-refractivity contribution is 0.412. The molecule has 0 fully saturated rings. The van der Waals surface area contributed by atoms with Gasteiger partial charge in [-0.25, -0.2) is 4.98 Å². The van der Waals surface area contributed by atoms with E-state index in [1.54, 1.807) is 7.11 Å². The highest BCUT2D eigenvalue weighted by molar-refractivity contribution is 9.10. The normalized spacial score (nSPS) is 10.3. The average molecular weight is 285 g/mol. The maximum atomic E-state index is 5.60. The second-order valence-electron chi connectivity index (χ2n) is 2.89. The van der Waals surface area contributed by atoms with Gasteiger partial charge in [0.1, 0.15) is 5.75 Å². The third-order valence-corrected chi connectivity index (χ3v) is 3.47.